The van der Waals surface area contributed by atoms with E-state index in [1.54, 1.807) is 30.5 Å². The van der Waals surface area contributed by atoms with Crippen molar-refractivity contribution in [3.8, 4) is 11.5 Å². The molecule has 0 radical (unpaired) electrons. The van der Waals surface area contributed by atoms with E-state index < -0.39 is 12.1 Å². The van der Waals surface area contributed by atoms with Gasteiger partial charge in [0.15, 0.2) is 0 Å². The molecule has 1 aromatic heterocycles. The van der Waals surface area contributed by atoms with Crippen molar-refractivity contribution in [2.45, 2.75) is 31.4 Å². The first kappa shape index (κ1) is 24.0. The van der Waals surface area contributed by atoms with Gasteiger partial charge in [-0.25, -0.2) is 9.78 Å². The van der Waals surface area contributed by atoms with Gasteiger partial charge in [0.25, 0.3) is 0 Å². The van der Waals surface area contributed by atoms with E-state index >= 15 is 0 Å². The van der Waals surface area contributed by atoms with Crippen LogP contribution in [0.5, 0.6) is 11.5 Å². The van der Waals surface area contributed by atoms with Gasteiger partial charge in [-0.1, -0.05) is 29.8 Å². The van der Waals surface area contributed by atoms with Crippen LogP contribution in [0.3, 0.4) is 0 Å². The fourth-order valence-corrected chi connectivity index (χ4v) is 3.89. The molecule has 0 fully saturated rings. The number of aliphatic hydroxyl groups excluding tert-OH is 1. The lowest BCUT2D eigenvalue weighted by Gasteiger charge is -2.27. The number of aromatic nitrogens is 1. The molecule has 0 bridgehead atoms. The van der Waals surface area contributed by atoms with E-state index in [4.69, 9.17) is 21.4 Å². The topological polar surface area (TPSA) is 91.7 Å². The number of fused-ring (bicyclic) bond motifs is 1. The molecule has 32 heavy (non-hydrogen) atoms. The highest BCUT2D eigenvalue weighted by Gasteiger charge is 2.20. The molecule has 1 aliphatic rings. The number of benzene rings is 2. The molecule has 6 nitrogen and oxygen atoms in total. The Labute approximate surface area is 197 Å². The van der Waals surface area contributed by atoms with Crippen LogP contribution in [-0.2, 0) is 12.8 Å². The Hall–Kier alpha value is -2.64. The first-order valence-electron chi connectivity index (χ1n) is 10.1. The molecule has 3 N–H and O–H groups in total. The fourth-order valence-electron chi connectivity index (χ4n) is 3.78. The summed E-state index contributed by atoms with van der Waals surface area (Å²) >= 11 is 5.80. The van der Waals surface area contributed by atoms with E-state index in [2.05, 4.69) is 16.4 Å². The number of aromatic carboxylic acids is 1. The highest BCUT2D eigenvalue weighted by Crippen LogP contribution is 2.29. The summed E-state index contributed by atoms with van der Waals surface area (Å²) in [6, 6.07) is 16.1. The molecule has 4 rings (SSSR count). The van der Waals surface area contributed by atoms with Crippen LogP contribution in [0.15, 0.2) is 60.8 Å². The Morgan fingerprint density at radius 1 is 1.16 bits per heavy atom. The molecule has 0 amide bonds. The Bertz CT molecular complexity index is 1080. The summed E-state index contributed by atoms with van der Waals surface area (Å²) in [6.45, 7) is 0.432. The van der Waals surface area contributed by atoms with E-state index in [0.717, 1.165) is 24.8 Å². The van der Waals surface area contributed by atoms with Crippen LogP contribution in [0.1, 0.15) is 39.6 Å². The Balaban J connectivity index is 0.00000289. The quantitative estimate of drug-likeness (QED) is 0.424. The van der Waals surface area contributed by atoms with Gasteiger partial charge in [-0.3, -0.25) is 0 Å². The highest BCUT2D eigenvalue weighted by molar-refractivity contribution is 6.29. The SMILES string of the molecule is Cl.O=C(O)c1cccc(Oc2ccc3c(c2)C[C@@H](NC[C@H](O)c2ccc(Cl)nc2)CC3)c1. The molecule has 0 spiro atoms. The zero-order chi connectivity index (χ0) is 21.8. The number of halogens is 2. The van der Waals surface area contributed by atoms with E-state index in [1.807, 2.05) is 12.1 Å². The molecule has 168 valence electrons. The van der Waals surface area contributed by atoms with Crippen LogP contribution in [0, 0.1) is 0 Å². The van der Waals surface area contributed by atoms with E-state index in [0.29, 0.717) is 23.2 Å². The molecule has 1 heterocycles. The van der Waals surface area contributed by atoms with Crippen LogP contribution >= 0.6 is 24.0 Å². The van der Waals surface area contributed by atoms with Gasteiger partial charge < -0.3 is 20.3 Å². The number of carboxylic acid groups (broad SMARTS) is 1. The van der Waals surface area contributed by atoms with Crippen molar-refractivity contribution in [2.75, 3.05) is 6.54 Å². The van der Waals surface area contributed by atoms with Crippen molar-refractivity contribution < 1.29 is 19.7 Å². The lowest BCUT2D eigenvalue weighted by atomic mass is 9.88. The number of hydrogen-bond donors (Lipinski definition) is 3. The molecular weight excluding hydrogens is 451 g/mol. The van der Waals surface area contributed by atoms with Gasteiger partial charge in [0.1, 0.15) is 16.7 Å². The number of carboxylic acids is 1. The maximum atomic E-state index is 11.2. The summed E-state index contributed by atoms with van der Waals surface area (Å²) in [5.41, 5.74) is 3.40. The second kappa shape index (κ2) is 10.8. The van der Waals surface area contributed by atoms with Gasteiger partial charge in [-0.15, -0.1) is 12.4 Å². The smallest absolute Gasteiger partial charge is 0.335 e. The number of nitrogens with one attached hydrogen (secondary N) is 1. The van der Waals surface area contributed by atoms with E-state index in [-0.39, 0.29) is 24.0 Å². The average molecular weight is 475 g/mol. The first-order chi connectivity index (χ1) is 15.0. The van der Waals surface area contributed by atoms with Crippen LogP contribution in [-0.4, -0.2) is 33.8 Å². The maximum absolute atomic E-state index is 11.2. The molecule has 2 aromatic carbocycles. The molecule has 2 atom stereocenters. The number of hydrogen-bond acceptors (Lipinski definition) is 5. The Morgan fingerprint density at radius 3 is 2.72 bits per heavy atom. The summed E-state index contributed by atoms with van der Waals surface area (Å²) in [5, 5.41) is 23.4. The number of carbonyl (C=O) groups is 1. The zero-order valence-electron chi connectivity index (χ0n) is 17.2. The summed E-state index contributed by atoms with van der Waals surface area (Å²) in [4.78, 5) is 15.2. The fraction of sp³-hybridized carbons (Fsp3) is 0.250. The van der Waals surface area contributed by atoms with Crippen molar-refractivity contribution in [1.29, 1.82) is 0 Å². The van der Waals surface area contributed by atoms with Crippen molar-refractivity contribution in [2.24, 2.45) is 0 Å². The lowest BCUT2D eigenvalue weighted by Crippen LogP contribution is -2.37. The van der Waals surface area contributed by atoms with Crippen molar-refractivity contribution in [3.05, 3.63) is 88.2 Å². The normalized spacial score (nSPS) is 15.9. The third-order valence-electron chi connectivity index (χ3n) is 5.46. The third-order valence-corrected chi connectivity index (χ3v) is 5.68. The van der Waals surface area contributed by atoms with Gasteiger partial charge in [0, 0.05) is 24.3 Å². The largest absolute Gasteiger partial charge is 0.478 e. The molecule has 0 unspecified atom stereocenters. The monoisotopic (exact) mass is 474 g/mol. The molecule has 3 aromatic rings. The number of aryl methyl sites for hydroxylation is 1. The zero-order valence-corrected chi connectivity index (χ0v) is 18.8. The molecule has 1 aliphatic carbocycles. The van der Waals surface area contributed by atoms with Crippen LogP contribution < -0.4 is 10.1 Å². The predicted molar refractivity (Wildman–Crippen MR) is 125 cm³/mol. The first-order valence-corrected chi connectivity index (χ1v) is 10.5. The maximum Gasteiger partial charge on any atom is 0.335 e. The van der Waals surface area contributed by atoms with Gasteiger partial charge >= 0.3 is 5.97 Å². The Morgan fingerprint density at radius 2 is 1.97 bits per heavy atom. The molecule has 0 saturated carbocycles. The molecular formula is C24H24Cl2N2O4. The lowest BCUT2D eigenvalue weighted by molar-refractivity contribution is 0.0696. The van der Waals surface area contributed by atoms with E-state index in [9.17, 15) is 9.90 Å². The number of rotatable bonds is 7. The number of ether oxygens (including phenoxy) is 1. The van der Waals surface area contributed by atoms with Gasteiger partial charge in [-0.05, 0) is 66.8 Å². The number of aliphatic hydroxyl groups is 1. The minimum atomic E-state index is -0.985. The van der Waals surface area contributed by atoms with Crippen LogP contribution in [0.2, 0.25) is 5.15 Å². The van der Waals surface area contributed by atoms with Gasteiger partial charge in [0.05, 0.1) is 11.7 Å². The summed E-state index contributed by atoms with van der Waals surface area (Å²) in [5.74, 6) is 0.181. The molecule has 8 heteroatoms. The molecule has 0 saturated heterocycles. The van der Waals surface area contributed by atoms with Crippen LogP contribution in [0.4, 0.5) is 0 Å². The predicted octanol–water partition coefficient (Wildman–Crippen LogP) is 4.83. The Kier molecular flexibility index (Phi) is 8.10. The second-order valence-electron chi connectivity index (χ2n) is 7.64. The van der Waals surface area contributed by atoms with Crippen LogP contribution in [0.25, 0.3) is 0 Å². The standard InChI is InChI=1S/C24H23ClN2O4.ClH/c25-23-9-6-17(13-27-23)22(28)14-26-19-7-4-15-5-8-21(12-18(15)10-19)31-20-3-1-2-16(11-20)24(29)30;/h1-3,5-6,8-9,11-13,19,22,26,28H,4,7,10,14H2,(H,29,30);1H/t19-,22-;/m0./s1. The number of nitrogens with zero attached hydrogens (tertiary/aromatic N) is 1. The third kappa shape index (κ3) is 5.99. The summed E-state index contributed by atoms with van der Waals surface area (Å²) in [6.07, 6.45) is 3.70. The van der Waals surface area contributed by atoms with Gasteiger partial charge in [0.2, 0.25) is 0 Å². The van der Waals surface area contributed by atoms with Crippen molar-refractivity contribution in [3.63, 3.8) is 0 Å². The minimum absolute atomic E-state index is 0. The van der Waals surface area contributed by atoms with Gasteiger partial charge in [-0.2, -0.15) is 0 Å². The minimum Gasteiger partial charge on any atom is -0.478 e. The number of pyridine rings is 1. The van der Waals surface area contributed by atoms with Crippen molar-refractivity contribution >= 4 is 30.0 Å². The summed E-state index contributed by atoms with van der Waals surface area (Å²) in [7, 11) is 0. The summed E-state index contributed by atoms with van der Waals surface area (Å²) < 4.78 is 5.89. The van der Waals surface area contributed by atoms with Crippen molar-refractivity contribution in [1.82, 2.24) is 10.3 Å². The molecule has 0 aliphatic heterocycles. The second-order valence-corrected chi connectivity index (χ2v) is 8.03. The highest BCUT2D eigenvalue weighted by atomic mass is 35.5. The van der Waals surface area contributed by atoms with E-state index in [1.165, 1.54) is 23.3 Å². The average Bonchev–Trinajstić information content (AvgIpc) is 2.78.